The van der Waals surface area contributed by atoms with Crippen molar-refractivity contribution < 1.29 is 4.74 Å². The number of hydrogen-bond acceptors (Lipinski definition) is 2. The molecule has 1 unspecified atom stereocenters. The molecule has 1 rings (SSSR count). The fourth-order valence-electron chi connectivity index (χ4n) is 2.14. The molecule has 0 amide bonds. The van der Waals surface area contributed by atoms with Crippen LogP contribution in [0.5, 0.6) is 0 Å². The minimum atomic E-state index is 0.276. The summed E-state index contributed by atoms with van der Waals surface area (Å²) >= 11 is 0. The highest BCUT2D eigenvalue weighted by Gasteiger charge is 2.13. The first-order chi connectivity index (χ1) is 8.81. The average Bonchev–Trinajstić information content (AvgIpc) is 2.26. The highest BCUT2D eigenvalue weighted by molar-refractivity contribution is 5.30. The summed E-state index contributed by atoms with van der Waals surface area (Å²) < 4.78 is 5.83. The molecule has 1 N–H and O–H groups in total. The van der Waals surface area contributed by atoms with E-state index in [9.17, 15) is 0 Å². The molecule has 0 aromatic heterocycles. The van der Waals surface area contributed by atoms with Crippen LogP contribution < -0.4 is 5.32 Å². The third-order valence-corrected chi connectivity index (χ3v) is 3.28. The SMILES string of the molecule is CNC(COCCC(C)(C)C)c1cc(C)cc(C)c1. The Morgan fingerprint density at radius 1 is 1.11 bits per heavy atom. The molecule has 1 aromatic rings. The minimum Gasteiger partial charge on any atom is -0.379 e. The van der Waals surface area contributed by atoms with Gasteiger partial charge in [-0.1, -0.05) is 50.1 Å². The Morgan fingerprint density at radius 3 is 2.16 bits per heavy atom. The van der Waals surface area contributed by atoms with E-state index in [0.29, 0.717) is 5.41 Å². The van der Waals surface area contributed by atoms with Crippen molar-refractivity contribution in [3.05, 3.63) is 34.9 Å². The lowest BCUT2D eigenvalue weighted by molar-refractivity contribution is 0.0914. The zero-order valence-corrected chi connectivity index (χ0v) is 13.3. The van der Waals surface area contributed by atoms with Gasteiger partial charge in [0.1, 0.15) is 0 Å². The van der Waals surface area contributed by atoms with Gasteiger partial charge in [-0.25, -0.2) is 0 Å². The zero-order valence-electron chi connectivity index (χ0n) is 13.3. The zero-order chi connectivity index (χ0) is 14.5. The minimum absolute atomic E-state index is 0.276. The van der Waals surface area contributed by atoms with Gasteiger partial charge in [-0.05, 0) is 38.3 Å². The van der Waals surface area contributed by atoms with Gasteiger partial charge in [-0.15, -0.1) is 0 Å². The van der Waals surface area contributed by atoms with Gasteiger partial charge in [-0.3, -0.25) is 0 Å². The summed E-state index contributed by atoms with van der Waals surface area (Å²) in [6.07, 6.45) is 1.09. The van der Waals surface area contributed by atoms with Crippen LogP contribution in [-0.4, -0.2) is 20.3 Å². The van der Waals surface area contributed by atoms with Crippen molar-refractivity contribution in [2.45, 2.75) is 47.1 Å². The molecule has 0 fully saturated rings. The van der Waals surface area contributed by atoms with Crippen molar-refractivity contribution in [2.75, 3.05) is 20.3 Å². The van der Waals surface area contributed by atoms with Crippen LogP contribution in [-0.2, 0) is 4.74 Å². The van der Waals surface area contributed by atoms with Crippen LogP contribution in [0.2, 0.25) is 0 Å². The second kappa shape index (κ2) is 7.06. The van der Waals surface area contributed by atoms with Crippen LogP contribution >= 0.6 is 0 Å². The Kier molecular flexibility index (Phi) is 6.02. The van der Waals surface area contributed by atoms with E-state index in [2.05, 4.69) is 58.1 Å². The molecule has 0 aliphatic rings. The van der Waals surface area contributed by atoms with E-state index in [1.807, 2.05) is 7.05 Å². The number of hydrogen-bond donors (Lipinski definition) is 1. The molecule has 19 heavy (non-hydrogen) atoms. The van der Waals surface area contributed by atoms with E-state index in [0.717, 1.165) is 19.6 Å². The summed E-state index contributed by atoms with van der Waals surface area (Å²) in [6.45, 7) is 12.6. The van der Waals surface area contributed by atoms with Crippen LogP contribution in [0.25, 0.3) is 0 Å². The standard InChI is InChI=1S/C17H29NO/c1-13-9-14(2)11-15(10-13)16(18-6)12-19-8-7-17(3,4)5/h9-11,16,18H,7-8,12H2,1-6H3. The van der Waals surface area contributed by atoms with Crippen molar-refractivity contribution in [1.29, 1.82) is 0 Å². The molecule has 0 bridgehead atoms. The number of nitrogens with one attached hydrogen (secondary N) is 1. The smallest absolute Gasteiger partial charge is 0.0661 e. The van der Waals surface area contributed by atoms with Gasteiger partial charge in [0, 0.05) is 6.61 Å². The lowest BCUT2D eigenvalue weighted by Crippen LogP contribution is -2.23. The van der Waals surface area contributed by atoms with Crippen LogP contribution in [0.15, 0.2) is 18.2 Å². The molecule has 0 saturated heterocycles. The van der Waals surface area contributed by atoms with Gasteiger partial charge in [-0.2, -0.15) is 0 Å². The maximum absolute atomic E-state index is 5.83. The molecule has 0 aliphatic carbocycles. The largest absolute Gasteiger partial charge is 0.379 e. The van der Waals surface area contributed by atoms with E-state index in [-0.39, 0.29) is 6.04 Å². The number of likely N-dealkylation sites (N-methyl/N-ethyl adjacent to an activating group) is 1. The van der Waals surface area contributed by atoms with Crippen LogP contribution in [0.3, 0.4) is 0 Å². The van der Waals surface area contributed by atoms with Gasteiger partial charge in [0.15, 0.2) is 0 Å². The average molecular weight is 263 g/mol. The van der Waals surface area contributed by atoms with Gasteiger partial charge in [0.2, 0.25) is 0 Å². The van der Waals surface area contributed by atoms with Crippen LogP contribution in [0.1, 0.15) is 49.9 Å². The maximum atomic E-state index is 5.83. The van der Waals surface area contributed by atoms with E-state index in [1.165, 1.54) is 16.7 Å². The fraction of sp³-hybridized carbons (Fsp3) is 0.647. The van der Waals surface area contributed by atoms with Gasteiger partial charge < -0.3 is 10.1 Å². The first-order valence-corrected chi connectivity index (χ1v) is 7.15. The van der Waals surface area contributed by atoms with E-state index in [1.54, 1.807) is 0 Å². The Labute approximate surface area is 118 Å². The van der Waals surface area contributed by atoms with E-state index < -0.39 is 0 Å². The third kappa shape index (κ3) is 6.22. The molecule has 108 valence electrons. The van der Waals surface area contributed by atoms with E-state index in [4.69, 9.17) is 4.74 Å². The van der Waals surface area contributed by atoms with Crippen molar-refractivity contribution in [2.24, 2.45) is 5.41 Å². The summed E-state index contributed by atoms with van der Waals surface area (Å²) in [5.74, 6) is 0. The van der Waals surface area contributed by atoms with Gasteiger partial charge in [0.05, 0.1) is 12.6 Å². The first-order valence-electron chi connectivity index (χ1n) is 7.15. The monoisotopic (exact) mass is 263 g/mol. The molecule has 0 spiro atoms. The lowest BCUT2D eigenvalue weighted by Gasteiger charge is -2.21. The number of ether oxygens (including phenoxy) is 1. The number of aryl methyl sites for hydroxylation is 2. The van der Waals surface area contributed by atoms with Crippen LogP contribution in [0, 0.1) is 19.3 Å². The van der Waals surface area contributed by atoms with Gasteiger partial charge in [0.25, 0.3) is 0 Å². The van der Waals surface area contributed by atoms with Crippen molar-refractivity contribution in [3.8, 4) is 0 Å². The molecule has 0 aliphatic heterocycles. The summed E-state index contributed by atoms with van der Waals surface area (Å²) in [4.78, 5) is 0. The molecular weight excluding hydrogens is 234 g/mol. The van der Waals surface area contributed by atoms with Crippen molar-refractivity contribution in [1.82, 2.24) is 5.32 Å². The molecule has 1 aromatic carbocycles. The predicted molar refractivity (Wildman–Crippen MR) is 82.6 cm³/mol. The molecule has 1 atom stereocenters. The first kappa shape index (κ1) is 16.2. The molecule has 0 radical (unpaired) electrons. The highest BCUT2D eigenvalue weighted by Crippen LogP contribution is 2.20. The summed E-state index contributed by atoms with van der Waals surface area (Å²) in [5.41, 5.74) is 4.28. The highest BCUT2D eigenvalue weighted by atomic mass is 16.5. The molecule has 0 saturated carbocycles. The second-order valence-corrected chi connectivity index (χ2v) is 6.65. The Morgan fingerprint density at radius 2 is 1.68 bits per heavy atom. The maximum Gasteiger partial charge on any atom is 0.0661 e. The molecule has 2 nitrogen and oxygen atoms in total. The predicted octanol–water partition coefficient (Wildman–Crippen LogP) is 4.02. The Balaban J connectivity index is 2.53. The quantitative estimate of drug-likeness (QED) is 0.783. The number of benzene rings is 1. The summed E-state index contributed by atoms with van der Waals surface area (Å²) in [5, 5.41) is 3.35. The van der Waals surface area contributed by atoms with Crippen molar-refractivity contribution in [3.63, 3.8) is 0 Å². The molecule has 0 heterocycles. The fourth-order valence-corrected chi connectivity index (χ4v) is 2.14. The third-order valence-electron chi connectivity index (χ3n) is 3.28. The number of rotatable bonds is 6. The second-order valence-electron chi connectivity index (χ2n) is 6.65. The van der Waals surface area contributed by atoms with Crippen LogP contribution in [0.4, 0.5) is 0 Å². The summed E-state index contributed by atoms with van der Waals surface area (Å²) in [6, 6.07) is 6.96. The topological polar surface area (TPSA) is 21.3 Å². The Bertz CT molecular complexity index is 372. The lowest BCUT2D eigenvalue weighted by atomic mass is 9.93. The molecule has 2 heteroatoms. The van der Waals surface area contributed by atoms with Gasteiger partial charge >= 0.3 is 0 Å². The molecular formula is C17H29NO. The Hall–Kier alpha value is -0.860. The normalized spacial score (nSPS) is 13.6. The van der Waals surface area contributed by atoms with E-state index >= 15 is 0 Å². The summed E-state index contributed by atoms with van der Waals surface area (Å²) in [7, 11) is 2.00. The van der Waals surface area contributed by atoms with Crippen molar-refractivity contribution >= 4 is 0 Å².